The molecule has 1 saturated heterocycles. The summed E-state index contributed by atoms with van der Waals surface area (Å²) >= 11 is 0. The predicted molar refractivity (Wildman–Crippen MR) is 71.5 cm³/mol. The first-order valence-corrected chi connectivity index (χ1v) is 6.97. The molecule has 2 aliphatic rings. The monoisotopic (exact) mass is 252 g/mol. The lowest BCUT2D eigenvalue weighted by Crippen LogP contribution is -2.50. The van der Waals surface area contributed by atoms with Crippen LogP contribution in [0.4, 0.5) is 4.79 Å². The van der Waals surface area contributed by atoms with Crippen LogP contribution in [0.5, 0.6) is 0 Å². The Labute approximate surface area is 109 Å². The van der Waals surface area contributed by atoms with E-state index in [4.69, 9.17) is 11.1 Å². The number of rotatable bonds is 2. The molecule has 0 bridgehead atoms. The Balaban J connectivity index is 1.88. The minimum Gasteiger partial charge on any atom is -0.387 e. The van der Waals surface area contributed by atoms with Gasteiger partial charge in [-0.05, 0) is 31.6 Å². The van der Waals surface area contributed by atoms with E-state index < -0.39 is 0 Å². The number of nitrogens with two attached hydrogens (primary N) is 1. The maximum absolute atomic E-state index is 12.2. The van der Waals surface area contributed by atoms with Crippen LogP contribution in [-0.2, 0) is 0 Å². The van der Waals surface area contributed by atoms with Crippen LogP contribution in [0.3, 0.4) is 0 Å². The topological polar surface area (TPSA) is 82.2 Å². The molecule has 2 rings (SSSR count). The normalized spacial score (nSPS) is 32.3. The number of amides is 2. The number of nitrogens with zero attached hydrogens (tertiary/aromatic N) is 1. The number of likely N-dealkylation sites (tertiary alicyclic amines) is 1. The van der Waals surface area contributed by atoms with E-state index in [2.05, 4.69) is 12.2 Å². The second-order valence-electron chi connectivity index (χ2n) is 5.74. The van der Waals surface area contributed by atoms with Crippen molar-refractivity contribution in [3.05, 3.63) is 0 Å². The summed E-state index contributed by atoms with van der Waals surface area (Å²) in [4.78, 5) is 14.1. The Hall–Kier alpha value is -1.26. The molecular weight excluding hydrogens is 228 g/mol. The molecule has 0 aromatic rings. The number of urea groups is 1. The van der Waals surface area contributed by atoms with Gasteiger partial charge in [0, 0.05) is 25.0 Å². The van der Waals surface area contributed by atoms with Gasteiger partial charge in [0.25, 0.3) is 0 Å². The second kappa shape index (κ2) is 5.59. The summed E-state index contributed by atoms with van der Waals surface area (Å²) in [5.74, 6) is 0.845. The molecule has 1 saturated carbocycles. The standard InChI is InChI=1S/C13H24N4O/c1-9-4-3-7-17(8-9)13(18)16-11-6-2-5-10(11)12(14)15/h9-11H,2-8H2,1H3,(H3,14,15)(H,16,18). The highest BCUT2D eigenvalue weighted by Crippen LogP contribution is 2.26. The molecule has 5 nitrogen and oxygen atoms in total. The molecule has 1 aliphatic heterocycles. The summed E-state index contributed by atoms with van der Waals surface area (Å²) in [7, 11) is 0. The molecule has 102 valence electrons. The molecule has 1 heterocycles. The van der Waals surface area contributed by atoms with E-state index in [0.29, 0.717) is 5.92 Å². The highest BCUT2D eigenvalue weighted by atomic mass is 16.2. The molecule has 0 spiro atoms. The molecular formula is C13H24N4O. The largest absolute Gasteiger partial charge is 0.387 e. The summed E-state index contributed by atoms with van der Waals surface area (Å²) in [5.41, 5.74) is 5.58. The summed E-state index contributed by atoms with van der Waals surface area (Å²) in [6, 6.07) is 0.0898. The summed E-state index contributed by atoms with van der Waals surface area (Å²) in [5, 5.41) is 10.6. The van der Waals surface area contributed by atoms with Gasteiger partial charge in [0.05, 0.1) is 5.84 Å². The number of piperidine rings is 1. The third kappa shape index (κ3) is 2.94. The Morgan fingerprint density at radius 3 is 2.78 bits per heavy atom. The lowest BCUT2D eigenvalue weighted by Gasteiger charge is -2.32. The van der Waals surface area contributed by atoms with Gasteiger partial charge >= 0.3 is 6.03 Å². The van der Waals surface area contributed by atoms with Crippen LogP contribution < -0.4 is 11.1 Å². The molecule has 0 radical (unpaired) electrons. The first-order chi connectivity index (χ1) is 8.58. The van der Waals surface area contributed by atoms with Crippen molar-refractivity contribution >= 4 is 11.9 Å². The fourth-order valence-corrected chi connectivity index (χ4v) is 3.13. The van der Waals surface area contributed by atoms with E-state index in [1.807, 2.05) is 4.90 Å². The van der Waals surface area contributed by atoms with Crippen molar-refractivity contribution in [1.29, 1.82) is 5.41 Å². The molecule has 1 aliphatic carbocycles. The highest BCUT2D eigenvalue weighted by molar-refractivity contribution is 5.82. The molecule has 0 aromatic heterocycles. The van der Waals surface area contributed by atoms with Crippen molar-refractivity contribution in [3.63, 3.8) is 0 Å². The van der Waals surface area contributed by atoms with Crippen LogP contribution in [0.2, 0.25) is 0 Å². The number of nitrogens with one attached hydrogen (secondary N) is 2. The van der Waals surface area contributed by atoms with E-state index in [9.17, 15) is 4.79 Å². The van der Waals surface area contributed by atoms with Gasteiger partial charge in [0.2, 0.25) is 0 Å². The summed E-state index contributed by atoms with van der Waals surface area (Å²) < 4.78 is 0. The SMILES string of the molecule is CC1CCCN(C(=O)NC2CCCC2C(=N)N)C1. The van der Waals surface area contributed by atoms with Crippen molar-refractivity contribution in [1.82, 2.24) is 10.2 Å². The molecule has 2 amide bonds. The average molecular weight is 252 g/mol. The van der Waals surface area contributed by atoms with Crippen LogP contribution in [-0.4, -0.2) is 35.9 Å². The van der Waals surface area contributed by atoms with E-state index in [1.54, 1.807) is 0 Å². The summed E-state index contributed by atoms with van der Waals surface area (Å²) in [6.45, 7) is 3.89. The maximum Gasteiger partial charge on any atom is 0.317 e. The first kappa shape index (κ1) is 13.2. The van der Waals surface area contributed by atoms with Crippen molar-refractivity contribution in [2.75, 3.05) is 13.1 Å². The number of carbonyl (C=O) groups excluding carboxylic acids is 1. The minimum absolute atomic E-state index is 0.0275. The van der Waals surface area contributed by atoms with Gasteiger partial charge in [0.1, 0.15) is 0 Å². The number of hydrogen-bond donors (Lipinski definition) is 3. The smallest absolute Gasteiger partial charge is 0.317 e. The highest BCUT2D eigenvalue weighted by Gasteiger charge is 2.32. The van der Waals surface area contributed by atoms with E-state index in [1.165, 1.54) is 6.42 Å². The average Bonchev–Trinajstić information content (AvgIpc) is 2.77. The first-order valence-electron chi connectivity index (χ1n) is 6.97. The molecule has 4 N–H and O–H groups in total. The van der Waals surface area contributed by atoms with Gasteiger partial charge in [-0.15, -0.1) is 0 Å². The molecule has 3 atom stereocenters. The maximum atomic E-state index is 12.2. The number of hydrogen-bond acceptors (Lipinski definition) is 2. The quantitative estimate of drug-likeness (QED) is 0.514. The molecule has 5 heteroatoms. The minimum atomic E-state index is 0.0275. The van der Waals surface area contributed by atoms with Gasteiger partial charge in [-0.2, -0.15) is 0 Å². The molecule has 2 fully saturated rings. The van der Waals surface area contributed by atoms with Gasteiger partial charge in [-0.3, -0.25) is 5.41 Å². The predicted octanol–water partition coefficient (Wildman–Crippen LogP) is 1.53. The fraction of sp³-hybridized carbons (Fsp3) is 0.846. The molecule has 0 aromatic carbocycles. The molecule has 3 unspecified atom stereocenters. The van der Waals surface area contributed by atoms with Crippen molar-refractivity contribution < 1.29 is 4.79 Å². The van der Waals surface area contributed by atoms with Gasteiger partial charge in [0.15, 0.2) is 0 Å². The van der Waals surface area contributed by atoms with Gasteiger partial charge in [-0.25, -0.2) is 4.79 Å². The third-order valence-corrected chi connectivity index (χ3v) is 4.17. The van der Waals surface area contributed by atoms with Crippen LogP contribution in [0, 0.1) is 17.2 Å². The Kier molecular flexibility index (Phi) is 4.09. The van der Waals surface area contributed by atoms with Crippen LogP contribution in [0.25, 0.3) is 0 Å². The zero-order valence-corrected chi connectivity index (χ0v) is 11.1. The molecule has 18 heavy (non-hydrogen) atoms. The third-order valence-electron chi connectivity index (χ3n) is 4.17. The van der Waals surface area contributed by atoms with Crippen molar-refractivity contribution in [3.8, 4) is 0 Å². The second-order valence-corrected chi connectivity index (χ2v) is 5.74. The van der Waals surface area contributed by atoms with E-state index in [0.717, 1.165) is 38.8 Å². The number of amidine groups is 1. The van der Waals surface area contributed by atoms with Gasteiger partial charge < -0.3 is 16.0 Å². The van der Waals surface area contributed by atoms with Crippen molar-refractivity contribution in [2.45, 2.75) is 45.1 Å². The van der Waals surface area contributed by atoms with E-state index >= 15 is 0 Å². The Bertz CT molecular complexity index is 331. The van der Waals surface area contributed by atoms with Gasteiger partial charge in [-0.1, -0.05) is 13.3 Å². The number of carbonyl (C=O) groups is 1. The zero-order chi connectivity index (χ0) is 13.1. The zero-order valence-electron chi connectivity index (χ0n) is 11.1. The van der Waals surface area contributed by atoms with Crippen LogP contribution >= 0.6 is 0 Å². The van der Waals surface area contributed by atoms with Crippen LogP contribution in [0.15, 0.2) is 0 Å². The van der Waals surface area contributed by atoms with E-state index in [-0.39, 0.29) is 23.8 Å². The lowest BCUT2D eigenvalue weighted by molar-refractivity contribution is 0.165. The van der Waals surface area contributed by atoms with Crippen LogP contribution in [0.1, 0.15) is 39.0 Å². The Morgan fingerprint density at radius 1 is 1.33 bits per heavy atom. The van der Waals surface area contributed by atoms with Crippen molar-refractivity contribution in [2.24, 2.45) is 17.6 Å². The summed E-state index contributed by atoms with van der Waals surface area (Å²) in [6.07, 6.45) is 5.22. The lowest BCUT2D eigenvalue weighted by atomic mass is 10.0. The fourth-order valence-electron chi connectivity index (χ4n) is 3.13. The Morgan fingerprint density at radius 2 is 2.11 bits per heavy atom.